The quantitative estimate of drug-likeness (QED) is 0.393. The molecule has 1 heterocycles. The van der Waals surface area contributed by atoms with Gasteiger partial charge in [-0.25, -0.2) is 4.99 Å². The zero-order chi connectivity index (χ0) is 10.6. The highest BCUT2D eigenvalue weighted by atomic mass is 15.3. The zero-order valence-corrected chi connectivity index (χ0v) is 7.88. The smallest absolute Gasteiger partial charge is 0.218 e. The van der Waals surface area contributed by atoms with E-state index in [0.29, 0.717) is 6.54 Å². The minimum absolute atomic E-state index is 0.0613. The van der Waals surface area contributed by atoms with E-state index in [1.165, 1.54) is 0 Å². The van der Waals surface area contributed by atoms with E-state index in [4.69, 9.17) is 17.2 Å². The molecule has 1 aromatic rings. The van der Waals surface area contributed by atoms with Gasteiger partial charge in [-0.2, -0.15) is 10.1 Å². The lowest BCUT2D eigenvalue weighted by molar-refractivity contribution is 0.712. The van der Waals surface area contributed by atoms with Crippen LogP contribution in [0.3, 0.4) is 0 Å². The number of aromatic nitrogens is 2. The topological polar surface area (TPSA) is 121 Å². The molecular formula is C7H13N7. The summed E-state index contributed by atoms with van der Waals surface area (Å²) in [5.74, 6) is -0.0394. The fourth-order valence-electron chi connectivity index (χ4n) is 0.886. The molecule has 0 bridgehead atoms. The average Bonchev–Trinajstić information content (AvgIpc) is 2.46. The molecule has 0 spiro atoms. The predicted molar refractivity (Wildman–Crippen MR) is 54.3 cm³/mol. The van der Waals surface area contributed by atoms with Crippen molar-refractivity contribution in [2.24, 2.45) is 34.2 Å². The van der Waals surface area contributed by atoms with E-state index in [9.17, 15) is 0 Å². The summed E-state index contributed by atoms with van der Waals surface area (Å²) in [6, 6.07) is 1.84. The van der Waals surface area contributed by atoms with Gasteiger partial charge in [-0.15, -0.1) is 0 Å². The fraction of sp³-hybridized carbons (Fsp3) is 0.286. The molecule has 7 nitrogen and oxygen atoms in total. The van der Waals surface area contributed by atoms with Crippen LogP contribution in [0.25, 0.3) is 0 Å². The van der Waals surface area contributed by atoms with Crippen LogP contribution in [0, 0.1) is 0 Å². The third kappa shape index (κ3) is 2.77. The molecule has 0 saturated carbocycles. The van der Waals surface area contributed by atoms with Crippen LogP contribution in [-0.2, 0) is 13.6 Å². The maximum atomic E-state index is 5.41. The number of hydrogen-bond acceptors (Lipinski definition) is 2. The first-order valence-electron chi connectivity index (χ1n) is 3.96. The van der Waals surface area contributed by atoms with Gasteiger partial charge in [0.1, 0.15) is 0 Å². The van der Waals surface area contributed by atoms with Crippen molar-refractivity contribution in [3.8, 4) is 0 Å². The van der Waals surface area contributed by atoms with Crippen molar-refractivity contribution in [3.05, 3.63) is 18.0 Å². The predicted octanol–water partition coefficient (Wildman–Crippen LogP) is -1.49. The van der Waals surface area contributed by atoms with Gasteiger partial charge < -0.3 is 17.2 Å². The van der Waals surface area contributed by atoms with Crippen molar-refractivity contribution in [1.82, 2.24) is 9.78 Å². The van der Waals surface area contributed by atoms with Gasteiger partial charge in [0.25, 0.3) is 0 Å². The molecule has 76 valence electrons. The maximum absolute atomic E-state index is 5.41. The molecule has 0 amide bonds. The van der Waals surface area contributed by atoms with Crippen LogP contribution in [0.15, 0.2) is 22.2 Å². The van der Waals surface area contributed by atoms with Gasteiger partial charge in [0.2, 0.25) is 5.96 Å². The van der Waals surface area contributed by atoms with Crippen LogP contribution in [0.2, 0.25) is 0 Å². The first-order chi connectivity index (χ1) is 6.59. The summed E-state index contributed by atoms with van der Waals surface area (Å²) in [6.07, 6.45) is 1.68. The molecule has 1 aromatic heterocycles. The number of nitrogens with zero attached hydrogens (tertiary/aromatic N) is 4. The van der Waals surface area contributed by atoms with Gasteiger partial charge in [-0.1, -0.05) is 0 Å². The lowest BCUT2D eigenvalue weighted by Gasteiger charge is -1.97. The minimum atomic E-state index is -0.101. The van der Waals surface area contributed by atoms with E-state index in [1.54, 1.807) is 10.9 Å². The number of guanidine groups is 2. The van der Waals surface area contributed by atoms with E-state index < -0.39 is 0 Å². The summed E-state index contributed by atoms with van der Waals surface area (Å²) in [4.78, 5) is 7.53. The summed E-state index contributed by atoms with van der Waals surface area (Å²) >= 11 is 0. The number of nitrogens with two attached hydrogens (primary N) is 3. The Morgan fingerprint density at radius 2 is 2.21 bits per heavy atom. The SMILES string of the molecule is Cn1nccc1CN=C(N)N=C(N)N. The minimum Gasteiger partial charge on any atom is -0.370 e. The second kappa shape index (κ2) is 4.26. The van der Waals surface area contributed by atoms with Gasteiger partial charge in [-0.05, 0) is 6.07 Å². The molecule has 14 heavy (non-hydrogen) atoms. The largest absolute Gasteiger partial charge is 0.370 e. The highest BCUT2D eigenvalue weighted by Crippen LogP contribution is 1.97. The van der Waals surface area contributed by atoms with E-state index >= 15 is 0 Å². The molecule has 0 atom stereocenters. The number of hydrogen-bond donors (Lipinski definition) is 3. The second-order valence-electron chi connectivity index (χ2n) is 2.66. The molecule has 0 radical (unpaired) electrons. The summed E-state index contributed by atoms with van der Waals surface area (Å²) in [7, 11) is 1.82. The summed E-state index contributed by atoms with van der Waals surface area (Å²) < 4.78 is 1.70. The van der Waals surface area contributed by atoms with Crippen molar-refractivity contribution in [3.63, 3.8) is 0 Å². The molecule has 0 saturated heterocycles. The molecule has 0 fully saturated rings. The first kappa shape index (κ1) is 10.0. The molecule has 1 rings (SSSR count). The number of aryl methyl sites for hydroxylation is 1. The Labute approximate surface area is 81.3 Å². The Morgan fingerprint density at radius 3 is 2.71 bits per heavy atom. The lowest BCUT2D eigenvalue weighted by atomic mass is 10.4. The first-order valence-corrected chi connectivity index (χ1v) is 3.96. The molecule has 0 aliphatic rings. The number of aliphatic imine (C=N–C) groups is 2. The molecule has 7 heteroatoms. The fourth-order valence-corrected chi connectivity index (χ4v) is 0.886. The monoisotopic (exact) mass is 195 g/mol. The van der Waals surface area contributed by atoms with E-state index in [0.717, 1.165) is 5.69 Å². The Kier molecular flexibility index (Phi) is 3.05. The summed E-state index contributed by atoms with van der Waals surface area (Å²) in [5, 5.41) is 3.98. The van der Waals surface area contributed by atoms with Crippen LogP contribution in [0.5, 0.6) is 0 Å². The summed E-state index contributed by atoms with van der Waals surface area (Å²) in [6.45, 7) is 0.402. The Balaban J connectivity index is 2.64. The molecule has 0 unspecified atom stereocenters. The van der Waals surface area contributed by atoms with Crippen molar-refractivity contribution < 1.29 is 0 Å². The number of rotatable bonds is 2. The van der Waals surface area contributed by atoms with Gasteiger partial charge in [0.05, 0.1) is 12.2 Å². The Hall–Kier alpha value is -2.05. The molecule has 6 N–H and O–H groups in total. The lowest BCUT2D eigenvalue weighted by Crippen LogP contribution is -2.26. The van der Waals surface area contributed by atoms with E-state index in [2.05, 4.69) is 15.1 Å². The third-order valence-electron chi connectivity index (χ3n) is 1.57. The Bertz CT molecular complexity index is 358. The van der Waals surface area contributed by atoms with Crippen LogP contribution in [-0.4, -0.2) is 21.7 Å². The van der Waals surface area contributed by atoms with Gasteiger partial charge in [0, 0.05) is 13.2 Å². The Morgan fingerprint density at radius 1 is 1.50 bits per heavy atom. The van der Waals surface area contributed by atoms with Crippen molar-refractivity contribution in [2.45, 2.75) is 6.54 Å². The van der Waals surface area contributed by atoms with Gasteiger partial charge in [0.15, 0.2) is 5.96 Å². The standard InChI is InChI=1S/C7H13N7/c1-14-5(2-3-12-14)4-11-7(10)13-6(8)9/h2-3H,4H2,1H3,(H6,8,9,10,11,13). The van der Waals surface area contributed by atoms with E-state index in [1.807, 2.05) is 13.1 Å². The van der Waals surface area contributed by atoms with Gasteiger partial charge in [-0.3, -0.25) is 4.68 Å². The van der Waals surface area contributed by atoms with Crippen molar-refractivity contribution >= 4 is 11.9 Å². The molecule has 0 aliphatic carbocycles. The normalized spacial score (nSPS) is 11.4. The van der Waals surface area contributed by atoms with E-state index in [-0.39, 0.29) is 11.9 Å². The molecule has 0 aromatic carbocycles. The van der Waals surface area contributed by atoms with Crippen molar-refractivity contribution in [2.75, 3.05) is 0 Å². The van der Waals surface area contributed by atoms with Gasteiger partial charge >= 0.3 is 0 Å². The van der Waals surface area contributed by atoms with Crippen LogP contribution in [0.4, 0.5) is 0 Å². The third-order valence-corrected chi connectivity index (χ3v) is 1.57. The zero-order valence-electron chi connectivity index (χ0n) is 7.88. The van der Waals surface area contributed by atoms with Crippen LogP contribution >= 0.6 is 0 Å². The summed E-state index contributed by atoms with van der Waals surface area (Å²) in [5.41, 5.74) is 16.6. The molecule has 0 aliphatic heterocycles. The van der Waals surface area contributed by atoms with Crippen molar-refractivity contribution in [1.29, 1.82) is 0 Å². The highest BCUT2D eigenvalue weighted by Gasteiger charge is 1.96. The highest BCUT2D eigenvalue weighted by molar-refractivity contribution is 5.92. The molecular weight excluding hydrogens is 182 g/mol. The maximum Gasteiger partial charge on any atom is 0.218 e. The van der Waals surface area contributed by atoms with Crippen LogP contribution < -0.4 is 17.2 Å². The second-order valence-corrected chi connectivity index (χ2v) is 2.66. The van der Waals surface area contributed by atoms with Crippen LogP contribution in [0.1, 0.15) is 5.69 Å². The average molecular weight is 195 g/mol.